The number of halogens is 1. The molecule has 1 saturated heterocycles. The maximum atomic E-state index is 6.03. The summed E-state index contributed by atoms with van der Waals surface area (Å²) in [6, 6.07) is 13.2. The molecule has 8 nitrogen and oxygen atoms in total. The number of hydrogen-bond donors (Lipinski definition) is 2. The number of terminal acetylenes is 1. The summed E-state index contributed by atoms with van der Waals surface area (Å²) in [6.45, 7) is 4.76. The number of methoxy groups -OCH3 is 1. The number of benzene rings is 2. The Labute approximate surface area is 207 Å². The van der Waals surface area contributed by atoms with Crippen molar-refractivity contribution in [2.24, 2.45) is 0 Å². The van der Waals surface area contributed by atoms with Crippen LogP contribution in [-0.4, -0.2) is 61.4 Å². The van der Waals surface area contributed by atoms with Crippen LogP contribution in [0.4, 0.5) is 23.1 Å². The number of ether oxygens (including phenoxy) is 3. The van der Waals surface area contributed by atoms with E-state index < -0.39 is 0 Å². The SMILES string of the molecule is C#Cc1cccc(Nc2nc(Nc3ccc(OC)c(OCCN4CCOCC4)c3)ncc2Br)c1. The minimum atomic E-state index is 0.434. The van der Waals surface area contributed by atoms with E-state index >= 15 is 0 Å². The summed E-state index contributed by atoms with van der Waals surface area (Å²) in [4.78, 5) is 11.3. The first-order valence-corrected chi connectivity index (χ1v) is 11.7. The van der Waals surface area contributed by atoms with Gasteiger partial charge in [-0.25, -0.2) is 4.98 Å². The second-order valence-corrected chi connectivity index (χ2v) is 8.39. The maximum Gasteiger partial charge on any atom is 0.229 e. The van der Waals surface area contributed by atoms with Gasteiger partial charge < -0.3 is 24.8 Å². The number of nitrogens with one attached hydrogen (secondary N) is 2. The number of aromatic nitrogens is 2. The first-order valence-electron chi connectivity index (χ1n) is 10.9. The molecule has 176 valence electrons. The fraction of sp³-hybridized carbons (Fsp3) is 0.280. The Morgan fingerprint density at radius 3 is 2.74 bits per heavy atom. The van der Waals surface area contributed by atoms with Crippen LogP contribution < -0.4 is 20.1 Å². The van der Waals surface area contributed by atoms with Crippen LogP contribution in [0.15, 0.2) is 53.1 Å². The van der Waals surface area contributed by atoms with Crippen LogP contribution in [0.2, 0.25) is 0 Å². The summed E-state index contributed by atoms with van der Waals surface area (Å²) in [6.07, 6.45) is 7.19. The van der Waals surface area contributed by atoms with Crippen LogP contribution in [0.25, 0.3) is 0 Å². The van der Waals surface area contributed by atoms with Crippen LogP contribution in [0.3, 0.4) is 0 Å². The van der Waals surface area contributed by atoms with Gasteiger partial charge in [0, 0.05) is 48.8 Å². The van der Waals surface area contributed by atoms with Crippen LogP contribution >= 0.6 is 15.9 Å². The average Bonchev–Trinajstić information content (AvgIpc) is 2.87. The van der Waals surface area contributed by atoms with E-state index in [-0.39, 0.29) is 0 Å². The quantitative estimate of drug-likeness (QED) is 0.398. The molecule has 4 rings (SSSR count). The minimum Gasteiger partial charge on any atom is -0.493 e. The molecule has 2 heterocycles. The molecule has 2 N–H and O–H groups in total. The predicted octanol–water partition coefficient (Wildman–Crippen LogP) is 4.43. The Kier molecular flexibility index (Phi) is 8.20. The summed E-state index contributed by atoms with van der Waals surface area (Å²) < 4.78 is 17.6. The Hall–Kier alpha value is -3.32. The van der Waals surface area contributed by atoms with Gasteiger partial charge in [-0.05, 0) is 46.3 Å². The molecule has 0 amide bonds. The Morgan fingerprint density at radius 2 is 1.94 bits per heavy atom. The molecule has 2 aromatic carbocycles. The zero-order valence-corrected chi connectivity index (χ0v) is 20.5. The molecule has 0 unspecified atom stereocenters. The van der Waals surface area contributed by atoms with Gasteiger partial charge in [0.1, 0.15) is 12.4 Å². The lowest BCUT2D eigenvalue weighted by Crippen LogP contribution is -2.38. The summed E-state index contributed by atoms with van der Waals surface area (Å²) in [5.74, 6) is 5.00. The van der Waals surface area contributed by atoms with E-state index in [1.165, 1.54) is 0 Å². The molecule has 1 aromatic heterocycles. The predicted molar refractivity (Wildman–Crippen MR) is 136 cm³/mol. The largest absolute Gasteiger partial charge is 0.493 e. The number of rotatable bonds is 9. The molecule has 0 saturated carbocycles. The first-order chi connectivity index (χ1) is 16.6. The summed E-state index contributed by atoms with van der Waals surface area (Å²) in [5.41, 5.74) is 2.40. The van der Waals surface area contributed by atoms with Gasteiger partial charge in [0.25, 0.3) is 0 Å². The third-order valence-electron chi connectivity index (χ3n) is 5.22. The van der Waals surface area contributed by atoms with E-state index in [0.29, 0.717) is 29.9 Å². The third kappa shape index (κ3) is 6.38. The lowest BCUT2D eigenvalue weighted by Gasteiger charge is -2.26. The molecule has 1 aliphatic rings. The molecule has 0 aliphatic carbocycles. The standard InChI is InChI=1S/C25H26BrN5O3/c1-3-18-5-4-6-19(15-18)28-24-21(26)17-27-25(30-24)29-20-7-8-22(32-2)23(16-20)34-14-11-31-9-12-33-13-10-31/h1,4-8,15-17H,9-14H2,2H3,(H2,27,28,29,30). The lowest BCUT2D eigenvalue weighted by atomic mass is 10.2. The van der Waals surface area contributed by atoms with Crippen LogP contribution in [0.1, 0.15) is 5.56 Å². The Bertz CT molecular complexity index is 1160. The molecule has 0 spiro atoms. The van der Waals surface area contributed by atoms with Gasteiger partial charge in [-0.2, -0.15) is 4.98 Å². The third-order valence-corrected chi connectivity index (χ3v) is 5.80. The fourth-order valence-corrected chi connectivity index (χ4v) is 3.73. The van der Waals surface area contributed by atoms with Crippen LogP contribution in [0, 0.1) is 12.3 Å². The summed E-state index contributed by atoms with van der Waals surface area (Å²) >= 11 is 3.50. The highest BCUT2D eigenvalue weighted by atomic mass is 79.9. The van der Waals surface area contributed by atoms with Crippen molar-refractivity contribution in [2.45, 2.75) is 0 Å². The minimum absolute atomic E-state index is 0.434. The topological polar surface area (TPSA) is 80.8 Å². The van der Waals surface area contributed by atoms with E-state index in [4.69, 9.17) is 20.6 Å². The van der Waals surface area contributed by atoms with Crippen LogP contribution in [0.5, 0.6) is 11.5 Å². The Morgan fingerprint density at radius 1 is 1.12 bits per heavy atom. The highest BCUT2D eigenvalue weighted by Gasteiger charge is 2.12. The highest BCUT2D eigenvalue weighted by molar-refractivity contribution is 9.10. The summed E-state index contributed by atoms with van der Waals surface area (Å²) in [7, 11) is 1.63. The number of nitrogens with zero attached hydrogens (tertiary/aromatic N) is 3. The zero-order chi connectivity index (χ0) is 23.8. The van der Waals surface area contributed by atoms with Gasteiger partial charge >= 0.3 is 0 Å². The van der Waals surface area contributed by atoms with E-state index in [2.05, 4.69) is 47.4 Å². The van der Waals surface area contributed by atoms with Crippen molar-refractivity contribution < 1.29 is 14.2 Å². The summed E-state index contributed by atoms with van der Waals surface area (Å²) in [5, 5.41) is 6.50. The van der Waals surface area contributed by atoms with Gasteiger partial charge in [-0.1, -0.05) is 12.0 Å². The monoisotopic (exact) mass is 523 g/mol. The normalized spacial score (nSPS) is 13.7. The van der Waals surface area contributed by atoms with Crippen molar-refractivity contribution in [3.63, 3.8) is 0 Å². The average molecular weight is 524 g/mol. The fourth-order valence-electron chi connectivity index (χ4n) is 3.44. The first kappa shape index (κ1) is 23.8. The second kappa shape index (κ2) is 11.7. The van der Waals surface area contributed by atoms with Gasteiger partial charge in [-0.15, -0.1) is 6.42 Å². The molecule has 34 heavy (non-hydrogen) atoms. The number of morpholine rings is 1. The van der Waals surface area contributed by atoms with Crippen molar-refractivity contribution in [3.05, 3.63) is 58.7 Å². The molecule has 0 radical (unpaired) electrons. The molecule has 3 aromatic rings. The van der Waals surface area contributed by atoms with Gasteiger partial charge in [0.05, 0.1) is 24.8 Å². The van der Waals surface area contributed by atoms with Crippen LogP contribution in [-0.2, 0) is 4.74 Å². The molecule has 0 bridgehead atoms. The van der Waals surface area contributed by atoms with E-state index in [0.717, 1.165) is 54.3 Å². The molecule has 0 atom stereocenters. The maximum absolute atomic E-state index is 6.03. The van der Waals surface area contributed by atoms with Gasteiger partial charge in [-0.3, -0.25) is 4.90 Å². The smallest absolute Gasteiger partial charge is 0.229 e. The number of anilines is 4. The highest BCUT2D eigenvalue weighted by Crippen LogP contribution is 2.32. The zero-order valence-electron chi connectivity index (χ0n) is 18.9. The molecular formula is C25H26BrN5O3. The molecule has 9 heteroatoms. The Balaban J connectivity index is 1.44. The van der Waals surface area contributed by atoms with E-state index in [1.807, 2.05) is 42.5 Å². The van der Waals surface area contributed by atoms with E-state index in [1.54, 1.807) is 13.3 Å². The van der Waals surface area contributed by atoms with Gasteiger partial charge in [0.2, 0.25) is 5.95 Å². The molecular weight excluding hydrogens is 498 g/mol. The second-order valence-electron chi connectivity index (χ2n) is 7.53. The van der Waals surface area contributed by atoms with Gasteiger partial charge in [0.15, 0.2) is 11.5 Å². The van der Waals surface area contributed by atoms with Crippen molar-refractivity contribution in [3.8, 4) is 23.8 Å². The molecule has 1 aliphatic heterocycles. The lowest BCUT2D eigenvalue weighted by molar-refractivity contribution is 0.0321. The van der Waals surface area contributed by atoms with Crippen molar-refractivity contribution in [1.82, 2.24) is 14.9 Å². The van der Waals surface area contributed by atoms with Crippen molar-refractivity contribution >= 4 is 39.1 Å². The molecule has 1 fully saturated rings. The van der Waals surface area contributed by atoms with Crippen molar-refractivity contribution in [1.29, 1.82) is 0 Å². The van der Waals surface area contributed by atoms with E-state index in [9.17, 15) is 0 Å². The number of hydrogen-bond acceptors (Lipinski definition) is 8. The van der Waals surface area contributed by atoms with Crippen molar-refractivity contribution in [2.75, 3.05) is 57.2 Å².